The lowest BCUT2D eigenvalue weighted by atomic mass is 10.0. The number of carbonyl (C=O) groups is 4. The van der Waals surface area contributed by atoms with Crippen LogP contribution in [0.2, 0.25) is 0 Å². The Hall–Kier alpha value is -3.24. The van der Waals surface area contributed by atoms with Gasteiger partial charge in [0, 0.05) is 25.7 Å². The number of aliphatic hydroxyl groups is 1. The van der Waals surface area contributed by atoms with E-state index in [1.54, 1.807) is 0 Å². The molecule has 0 aromatic heterocycles. The summed E-state index contributed by atoms with van der Waals surface area (Å²) < 4.78 is 68.7. The zero-order chi connectivity index (χ0) is 74.6. The Morgan fingerprint density at radius 1 is 0.275 bits per heavy atom. The lowest BCUT2D eigenvalue weighted by Crippen LogP contribution is -2.30. The Morgan fingerprint density at radius 3 is 0.755 bits per heavy atom. The summed E-state index contributed by atoms with van der Waals surface area (Å²) >= 11 is 0. The maximum atomic E-state index is 13.1. The van der Waals surface area contributed by atoms with Gasteiger partial charge in [0.05, 0.1) is 26.4 Å². The smallest absolute Gasteiger partial charge is 0.462 e. The zero-order valence-electron chi connectivity index (χ0n) is 65.3. The second-order valence-corrected chi connectivity index (χ2v) is 31.0. The van der Waals surface area contributed by atoms with Gasteiger partial charge in [-0.15, -0.1) is 0 Å². The maximum Gasteiger partial charge on any atom is 0.472 e. The van der Waals surface area contributed by atoms with Crippen LogP contribution >= 0.6 is 15.6 Å². The third-order valence-electron chi connectivity index (χ3n) is 18.0. The number of allylic oxidation sites excluding steroid dienone is 10. The molecule has 0 amide bonds. The third-order valence-corrected chi connectivity index (χ3v) is 19.9. The predicted octanol–water partition coefficient (Wildman–Crippen LogP) is 24.2. The van der Waals surface area contributed by atoms with Gasteiger partial charge in [-0.3, -0.25) is 37.3 Å². The molecule has 0 saturated carbocycles. The van der Waals surface area contributed by atoms with Gasteiger partial charge in [0.15, 0.2) is 12.2 Å². The van der Waals surface area contributed by atoms with Crippen LogP contribution in [0.4, 0.5) is 0 Å². The molecule has 0 saturated heterocycles. The van der Waals surface area contributed by atoms with E-state index in [1.165, 1.54) is 154 Å². The van der Waals surface area contributed by atoms with E-state index in [1.807, 2.05) is 0 Å². The molecule has 0 fully saturated rings. The fourth-order valence-corrected chi connectivity index (χ4v) is 13.2. The van der Waals surface area contributed by atoms with Crippen molar-refractivity contribution in [1.29, 1.82) is 0 Å². The second-order valence-electron chi connectivity index (χ2n) is 28.1. The molecule has 102 heavy (non-hydrogen) atoms. The SMILES string of the molecule is CCCCC/C=C\C/C=C\C/C=C\CCCCCCCCC(=O)OCC(COP(=O)(O)OCC(O)COP(=O)(O)OCC(COC(=O)CCCCCCC/C=C\C/C=C\CCCCC)OC(=O)CCCCCCCCCCCCCCCCC)OC(=O)CCCCCCCCCCCCCCC. The number of unbranched alkanes of at least 4 members (excludes halogenated alkanes) is 43. The lowest BCUT2D eigenvalue weighted by molar-refractivity contribution is -0.161. The minimum absolute atomic E-state index is 0.0984. The maximum absolute atomic E-state index is 13.1. The van der Waals surface area contributed by atoms with Crippen LogP contribution in [0.5, 0.6) is 0 Å². The van der Waals surface area contributed by atoms with Gasteiger partial charge < -0.3 is 33.8 Å². The lowest BCUT2D eigenvalue weighted by Gasteiger charge is -2.21. The molecule has 0 aliphatic heterocycles. The average Bonchev–Trinajstić information content (AvgIpc) is 0.908. The number of ether oxygens (including phenoxy) is 4. The molecule has 596 valence electrons. The van der Waals surface area contributed by atoms with Crippen LogP contribution in [0.1, 0.15) is 387 Å². The average molecular weight is 1480 g/mol. The van der Waals surface area contributed by atoms with Crippen LogP contribution in [0, 0.1) is 0 Å². The predicted molar refractivity (Wildman–Crippen MR) is 418 cm³/mol. The number of hydrogen-bond acceptors (Lipinski definition) is 15. The van der Waals surface area contributed by atoms with E-state index in [2.05, 4.69) is 88.5 Å². The summed E-state index contributed by atoms with van der Waals surface area (Å²) in [6.45, 7) is 4.88. The van der Waals surface area contributed by atoms with Gasteiger partial charge in [-0.25, -0.2) is 9.13 Å². The van der Waals surface area contributed by atoms with Crippen molar-refractivity contribution < 1.29 is 80.2 Å². The Bertz CT molecular complexity index is 2170. The van der Waals surface area contributed by atoms with Crippen molar-refractivity contribution in [2.24, 2.45) is 0 Å². The fraction of sp³-hybridized carbons (Fsp3) is 0.831. The fourth-order valence-electron chi connectivity index (χ4n) is 11.6. The molecule has 0 aliphatic carbocycles. The number of rotatable bonds is 79. The van der Waals surface area contributed by atoms with Crippen molar-refractivity contribution in [2.45, 2.75) is 406 Å². The van der Waals surface area contributed by atoms with E-state index in [-0.39, 0.29) is 25.7 Å². The number of phosphoric ester groups is 2. The highest BCUT2D eigenvalue weighted by atomic mass is 31.2. The van der Waals surface area contributed by atoms with E-state index < -0.39 is 97.5 Å². The summed E-state index contributed by atoms with van der Waals surface area (Å²) in [4.78, 5) is 73.1. The van der Waals surface area contributed by atoms with Crippen molar-refractivity contribution in [2.75, 3.05) is 39.6 Å². The summed E-state index contributed by atoms with van der Waals surface area (Å²) in [6.07, 6.45) is 76.1. The highest BCUT2D eigenvalue weighted by Crippen LogP contribution is 2.45. The van der Waals surface area contributed by atoms with Gasteiger partial charge in [0.1, 0.15) is 19.3 Å². The van der Waals surface area contributed by atoms with Gasteiger partial charge in [-0.2, -0.15) is 0 Å². The van der Waals surface area contributed by atoms with Crippen LogP contribution in [0.3, 0.4) is 0 Å². The molecule has 0 radical (unpaired) electrons. The molecule has 0 aliphatic rings. The van der Waals surface area contributed by atoms with Crippen molar-refractivity contribution >= 4 is 39.5 Å². The monoisotopic (exact) mass is 1480 g/mol. The minimum atomic E-state index is -4.97. The van der Waals surface area contributed by atoms with Crippen LogP contribution in [-0.2, 0) is 65.4 Å². The molecule has 3 N–H and O–H groups in total. The summed E-state index contributed by atoms with van der Waals surface area (Å²) in [5.74, 6) is -2.16. The Kier molecular flexibility index (Phi) is 73.6. The molecular formula is C83H152O17P2. The number of hydrogen-bond donors (Lipinski definition) is 3. The van der Waals surface area contributed by atoms with Crippen LogP contribution in [0.15, 0.2) is 60.8 Å². The number of esters is 4. The molecule has 17 nitrogen and oxygen atoms in total. The van der Waals surface area contributed by atoms with E-state index in [0.717, 1.165) is 154 Å². The van der Waals surface area contributed by atoms with Gasteiger partial charge in [0.25, 0.3) is 0 Å². The van der Waals surface area contributed by atoms with E-state index in [9.17, 15) is 43.2 Å². The van der Waals surface area contributed by atoms with Crippen LogP contribution in [-0.4, -0.2) is 96.7 Å². The number of aliphatic hydroxyl groups excluding tert-OH is 1. The Labute approximate surface area is 622 Å². The number of carbonyl (C=O) groups excluding carboxylic acids is 4. The second kappa shape index (κ2) is 76.0. The van der Waals surface area contributed by atoms with Gasteiger partial charge in [0.2, 0.25) is 0 Å². The summed E-state index contributed by atoms with van der Waals surface area (Å²) in [5, 5.41) is 10.6. The molecule has 0 bridgehead atoms. The van der Waals surface area contributed by atoms with Crippen LogP contribution < -0.4 is 0 Å². The molecule has 0 aromatic carbocycles. The standard InChI is InChI=1S/C83H152O17P2/c1-5-9-13-17-21-25-29-33-36-37-38-39-42-45-48-52-56-60-64-68-81(86)94-73-78(99-82(87)69-65-61-57-53-49-43-32-28-24-20-16-12-8-4)75-97-101(89,90)95-71-77(84)72-96-102(91,92)98-76-79(100-83(88)70-66-62-58-54-50-46-41-35-31-27-23-19-15-11-7-3)74-93-80(85)67-63-59-55-51-47-44-40-34-30-26-22-18-14-10-6-2/h21-22,25-26,33-34,36,38-40,77-79,84H,5-20,23-24,27-32,35,37,41-76H2,1-4H3,(H,89,90)(H,91,92)/b25-21-,26-22-,36-33-,39-38-,40-34-. The molecule has 0 heterocycles. The van der Waals surface area contributed by atoms with E-state index >= 15 is 0 Å². The molecule has 5 atom stereocenters. The first-order valence-electron chi connectivity index (χ1n) is 41.5. The number of phosphoric acid groups is 2. The molecule has 5 unspecified atom stereocenters. The Balaban J connectivity index is 5.32. The van der Waals surface area contributed by atoms with E-state index in [0.29, 0.717) is 25.7 Å². The first kappa shape index (κ1) is 98.8. The summed E-state index contributed by atoms with van der Waals surface area (Å²) in [7, 11) is -9.94. The van der Waals surface area contributed by atoms with Crippen molar-refractivity contribution in [1.82, 2.24) is 0 Å². The van der Waals surface area contributed by atoms with Gasteiger partial charge >= 0.3 is 39.5 Å². The zero-order valence-corrected chi connectivity index (χ0v) is 67.1. The minimum Gasteiger partial charge on any atom is -0.462 e. The largest absolute Gasteiger partial charge is 0.472 e. The normalized spacial score (nSPS) is 14.1. The van der Waals surface area contributed by atoms with Crippen molar-refractivity contribution in [3.05, 3.63) is 60.8 Å². The quantitative estimate of drug-likeness (QED) is 0.0169. The first-order chi connectivity index (χ1) is 49.7. The topological polar surface area (TPSA) is 237 Å². The third kappa shape index (κ3) is 75.0. The summed E-state index contributed by atoms with van der Waals surface area (Å²) in [5.41, 5.74) is 0. The first-order valence-corrected chi connectivity index (χ1v) is 44.5. The van der Waals surface area contributed by atoms with E-state index in [4.69, 9.17) is 37.0 Å². The molecule has 19 heteroatoms. The molecule has 0 spiro atoms. The molecular weight excluding hydrogens is 1330 g/mol. The molecule has 0 aromatic rings. The van der Waals surface area contributed by atoms with Crippen molar-refractivity contribution in [3.63, 3.8) is 0 Å². The Morgan fingerprint density at radius 2 is 0.480 bits per heavy atom. The van der Waals surface area contributed by atoms with Gasteiger partial charge in [-0.1, -0.05) is 326 Å². The molecule has 0 rings (SSSR count). The highest BCUT2D eigenvalue weighted by Gasteiger charge is 2.30. The van der Waals surface area contributed by atoms with Gasteiger partial charge in [-0.05, 0) is 96.3 Å². The van der Waals surface area contributed by atoms with Crippen molar-refractivity contribution in [3.8, 4) is 0 Å². The highest BCUT2D eigenvalue weighted by molar-refractivity contribution is 7.47. The summed E-state index contributed by atoms with van der Waals surface area (Å²) in [6, 6.07) is 0. The van der Waals surface area contributed by atoms with Crippen LogP contribution in [0.25, 0.3) is 0 Å².